The van der Waals surface area contributed by atoms with E-state index in [2.05, 4.69) is 6.92 Å². The Hall–Kier alpha value is -0.620. The van der Waals surface area contributed by atoms with E-state index in [0.29, 0.717) is 29.8 Å². The average Bonchev–Trinajstić information content (AvgIpc) is 2.48. The first-order chi connectivity index (χ1) is 9.98. The molecule has 2 unspecified atom stereocenters. The quantitative estimate of drug-likeness (QED) is 0.779. The molecule has 1 heterocycles. The molecule has 1 aromatic carbocycles. The molecule has 0 radical (unpaired) electrons. The summed E-state index contributed by atoms with van der Waals surface area (Å²) in [4.78, 5) is 0.338. The molecule has 4 nitrogen and oxygen atoms in total. The zero-order valence-corrected chi connectivity index (χ0v) is 14.0. The standard InChI is InChI=1S/C15H22ClNO3S/c1-12-8-10-17(11-15(12)20-2)21(18,19)14-5-3-13(4-6-14)7-9-16/h3-6,12,15H,7-11H2,1-2H3. The predicted molar refractivity (Wildman–Crippen MR) is 84.2 cm³/mol. The fraction of sp³-hybridized carbons (Fsp3) is 0.600. The summed E-state index contributed by atoms with van der Waals surface area (Å²) in [5.74, 6) is 0.915. The molecule has 0 amide bonds. The van der Waals surface area contributed by atoms with Crippen LogP contribution in [0.15, 0.2) is 29.2 Å². The minimum Gasteiger partial charge on any atom is -0.380 e. The first-order valence-electron chi connectivity index (χ1n) is 7.17. The molecule has 1 aliphatic rings. The van der Waals surface area contributed by atoms with Crippen molar-refractivity contribution in [3.05, 3.63) is 29.8 Å². The number of alkyl halides is 1. The van der Waals surface area contributed by atoms with Crippen LogP contribution < -0.4 is 0 Å². The van der Waals surface area contributed by atoms with Gasteiger partial charge in [0.05, 0.1) is 11.0 Å². The molecule has 1 aliphatic heterocycles. The highest BCUT2D eigenvalue weighted by atomic mass is 35.5. The van der Waals surface area contributed by atoms with Crippen LogP contribution in [0, 0.1) is 5.92 Å². The Bertz CT molecular complexity index is 559. The van der Waals surface area contributed by atoms with Gasteiger partial charge in [0, 0.05) is 26.1 Å². The number of nitrogens with zero attached hydrogens (tertiary/aromatic N) is 1. The highest BCUT2D eigenvalue weighted by Gasteiger charge is 2.33. The van der Waals surface area contributed by atoms with Gasteiger partial charge in [-0.2, -0.15) is 4.31 Å². The largest absolute Gasteiger partial charge is 0.380 e. The molecule has 1 fully saturated rings. The smallest absolute Gasteiger partial charge is 0.243 e. The van der Waals surface area contributed by atoms with E-state index in [1.54, 1.807) is 19.2 Å². The van der Waals surface area contributed by atoms with Crippen LogP contribution in [0.3, 0.4) is 0 Å². The Morgan fingerprint density at radius 1 is 1.33 bits per heavy atom. The fourth-order valence-corrected chi connectivity index (χ4v) is 4.30. The van der Waals surface area contributed by atoms with Crippen molar-refractivity contribution in [1.29, 1.82) is 0 Å². The van der Waals surface area contributed by atoms with Gasteiger partial charge >= 0.3 is 0 Å². The molecular weight excluding hydrogens is 310 g/mol. The molecule has 0 saturated carbocycles. The molecule has 1 saturated heterocycles. The first kappa shape index (κ1) is 16.7. The van der Waals surface area contributed by atoms with Gasteiger partial charge in [-0.1, -0.05) is 19.1 Å². The molecule has 2 rings (SSSR count). The molecule has 118 valence electrons. The van der Waals surface area contributed by atoms with E-state index in [-0.39, 0.29) is 6.10 Å². The Morgan fingerprint density at radius 3 is 2.57 bits per heavy atom. The van der Waals surface area contributed by atoms with Crippen LogP contribution in [-0.4, -0.2) is 44.9 Å². The molecule has 0 bridgehead atoms. The van der Waals surface area contributed by atoms with Crippen molar-refractivity contribution in [2.24, 2.45) is 5.92 Å². The summed E-state index contributed by atoms with van der Waals surface area (Å²) in [7, 11) is -1.80. The van der Waals surface area contributed by atoms with Crippen molar-refractivity contribution in [3.63, 3.8) is 0 Å². The number of methoxy groups -OCH3 is 1. The SMILES string of the molecule is COC1CN(S(=O)(=O)c2ccc(CCCl)cc2)CCC1C. The van der Waals surface area contributed by atoms with Gasteiger partial charge in [-0.05, 0) is 36.5 Å². The predicted octanol–water partition coefficient (Wildman–Crippen LogP) is 2.51. The lowest BCUT2D eigenvalue weighted by molar-refractivity contribution is 0.0184. The van der Waals surface area contributed by atoms with E-state index in [4.69, 9.17) is 16.3 Å². The minimum absolute atomic E-state index is 0.0379. The van der Waals surface area contributed by atoms with Gasteiger partial charge in [0.1, 0.15) is 0 Å². The molecule has 0 spiro atoms. The Kier molecular flexibility index (Phi) is 5.66. The van der Waals surface area contributed by atoms with E-state index < -0.39 is 10.0 Å². The average molecular weight is 332 g/mol. The molecule has 1 aromatic rings. The van der Waals surface area contributed by atoms with E-state index in [9.17, 15) is 8.42 Å². The van der Waals surface area contributed by atoms with Crippen molar-refractivity contribution < 1.29 is 13.2 Å². The molecule has 2 atom stereocenters. The lowest BCUT2D eigenvalue weighted by atomic mass is 9.97. The highest BCUT2D eigenvalue weighted by Crippen LogP contribution is 2.25. The fourth-order valence-electron chi connectivity index (χ4n) is 2.62. The molecule has 6 heteroatoms. The van der Waals surface area contributed by atoms with Gasteiger partial charge in [-0.15, -0.1) is 11.6 Å². The lowest BCUT2D eigenvalue weighted by Crippen LogP contribution is -2.46. The van der Waals surface area contributed by atoms with Gasteiger partial charge in [0.25, 0.3) is 0 Å². The second-order valence-corrected chi connectivity index (χ2v) is 7.80. The number of hydrogen-bond donors (Lipinski definition) is 0. The second kappa shape index (κ2) is 7.09. The van der Waals surface area contributed by atoms with Gasteiger partial charge in [0.2, 0.25) is 10.0 Å². The minimum atomic E-state index is -3.44. The summed E-state index contributed by atoms with van der Waals surface area (Å²) >= 11 is 5.69. The van der Waals surface area contributed by atoms with E-state index in [1.165, 1.54) is 4.31 Å². The van der Waals surface area contributed by atoms with Gasteiger partial charge < -0.3 is 4.74 Å². The zero-order chi connectivity index (χ0) is 15.5. The van der Waals surface area contributed by atoms with Gasteiger partial charge in [0.15, 0.2) is 0 Å². The topological polar surface area (TPSA) is 46.6 Å². The second-order valence-electron chi connectivity index (χ2n) is 5.49. The van der Waals surface area contributed by atoms with Crippen LogP contribution in [0.4, 0.5) is 0 Å². The number of sulfonamides is 1. The third-order valence-corrected chi connectivity index (χ3v) is 6.17. The summed E-state index contributed by atoms with van der Waals surface area (Å²) in [6, 6.07) is 6.99. The summed E-state index contributed by atoms with van der Waals surface area (Å²) in [6.07, 6.45) is 1.53. The normalized spacial score (nSPS) is 24.1. The van der Waals surface area contributed by atoms with Crippen molar-refractivity contribution in [3.8, 4) is 0 Å². The van der Waals surface area contributed by atoms with Crippen LogP contribution in [0.25, 0.3) is 0 Å². The van der Waals surface area contributed by atoms with Crippen LogP contribution in [0.1, 0.15) is 18.9 Å². The van der Waals surface area contributed by atoms with Crippen molar-refractivity contribution in [2.75, 3.05) is 26.1 Å². The molecular formula is C15H22ClNO3S. The first-order valence-corrected chi connectivity index (χ1v) is 9.14. The maximum atomic E-state index is 12.7. The Morgan fingerprint density at radius 2 is 2.00 bits per heavy atom. The number of halogens is 1. The van der Waals surface area contributed by atoms with Crippen molar-refractivity contribution >= 4 is 21.6 Å². The van der Waals surface area contributed by atoms with Crippen molar-refractivity contribution in [2.45, 2.75) is 30.8 Å². The highest BCUT2D eigenvalue weighted by molar-refractivity contribution is 7.89. The summed E-state index contributed by atoms with van der Waals surface area (Å²) in [5, 5.41) is 0. The maximum Gasteiger partial charge on any atom is 0.243 e. The third kappa shape index (κ3) is 3.77. The lowest BCUT2D eigenvalue weighted by Gasteiger charge is -2.35. The number of hydrogen-bond acceptors (Lipinski definition) is 3. The third-order valence-electron chi connectivity index (χ3n) is 4.10. The maximum absolute atomic E-state index is 12.7. The molecule has 0 aromatic heterocycles. The summed E-state index contributed by atoms with van der Waals surface area (Å²) in [6.45, 7) is 3.06. The van der Waals surface area contributed by atoms with Crippen LogP contribution >= 0.6 is 11.6 Å². The summed E-state index contributed by atoms with van der Waals surface area (Å²) in [5.41, 5.74) is 1.05. The van der Waals surface area contributed by atoms with Crippen LogP contribution in [-0.2, 0) is 21.2 Å². The monoisotopic (exact) mass is 331 g/mol. The number of ether oxygens (including phenoxy) is 1. The number of piperidine rings is 1. The zero-order valence-electron chi connectivity index (χ0n) is 12.5. The van der Waals surface area contributed by atoms with Gasteiger partial charge in [-0.25, -0.2) is 8.42 Å². The van der Waals surface area contributed by atoms with Crippen LogP contribution in [0.5, 0.6) is 0 Å². The summed E-state index contributed by atoms with van der Waals surface area (Å²) < 4.78 is 32.3. The Balaban J connectivity index is 2.17. The molecule has 0 N–H and O–H groups in total. The molecule has 0 aliphatic carbocycles. The molecule has 21 heavy (non-hydrogen) atoms. The van der Waals surface area contributed by atoms with Gasteiger partial charge in [-0.3, -0.25) is 0 Å². The Labute approximate surface area is 132 Å². The number of aryl methyl sites for hydroxylation is 1. The van der Waals surface area contributed by atoms with E-state index in [1.807, 2.05) is 12.1 Å². The van der Waals surface area contributed by atoms with E-state index in [0.717, 1.165) is 18.4 Å². The van der Waals surface area contributed by atoms with Crippen molar-refractivity contribution in [1.82, 2.24) is 4.31 Å². The van der Waals surface area contributed by atoms with Crippen LogP contribution in [0.2, 0.25) is 0 Å². The number of benzene rings is 1. The number of rotatable bonds is 5. The van der Waals surface area contributed by atoms with E-state index >= 15 is 0 Å².